The molecule has 7 nitrogen and oxygen atoms in total. The van der Waals surface area contributed by atoms with Crippen LogP contribution in [0.2, 0.25) is 0 Å². The Morgan fingerprint density at radius 3 is 1.81 bits per heavy atom. The summed E-state index contributed by atoms with van der Waals surface area (Å²) in [7, 11) is 7.92. The number of rotatable bonds is 12. The zero-order valence-electron chi connectivity index (χ0n) is 19.7. The number of ether oxygens (including phenoxy) is 5. The molecule has 1 N–H and O–H groups in total. The largest absolute Gasteiger partial charge is 0.507 e. The Labute approximate surface area is 185 Å². The van der Waals surface area contributed by atoms with Crippen molar-refractivity contribution in [3.05, 3.63) is 35.4 Å². The number of phenols is 1. The Morgan fingerprint density at radius 1 is 0.774 bits per heavy atom. The van der Waals surface area contributed by atoms with Crippen molar-refractivity contribution >= 4 is 0 Å². The van der Waals surface area contributed by atoms with E-state index in [-0.39, 0.29) is 11.7 Å². The number of methoxy groups -OCH3 is 5. The normalized spacial score (nSPS) is 11.9. The molecule has 1 atom stereocenters. The second-order valence-corrected chi connectivity index (χ2v) is 7.09. The summed E-state index contributed by atoms with van der Waals surface area (Å²) in [6, 6.07) is 7.26. The molecule has 0 radical (unpaired) electrons. The van der Waals surface area contributed by atoms with E-state index in [4.69, 9.17) is 23.7 Å². The summed E-state index contributed by atoms with van der Waals surface area (Å²) in [5.41, 5.74) is 1.63. The molecule has 0 spiro atoms. The van der Waals surface area contributed by atoms with Crippen LogP contribution < -0.4 is 23.7 Å². The van der Waals surface area contributed by atoms with Crippen molar-refractivity contribution in [3.63, 3.8) is 0 Å². The van der Waals surface area contributed by atoms with Gasteiger partial charge in [-0.25, -0.2) is 0 Å². The molecule has 0 fully saturated rings. The molecule has 0 aromatic heterocycles. The summed E-state index contributed by atoms with van der Waals surface area (Å²) in [4.78, 5) is 2.35. The van der Waals surface area contributed by atoms with Crippen LogP contribution in [0.5, 0.6) is 34.5 Å². The van der Waals surface area contributed by atoms with Crippen LogP contribution in [0, 0.1) is 0 Å². The summed E-state index contributed by atoms with van der Waals surface area (Å²) in [5, 5.41) is 10.9. The number of hydrogen-bond donors (Lipinski definition) is 1. The fourth-order valence-corrected chi connectivity index (χ4v) is 3.86. The van der Waals surface area contributed by atoms with E-state index in [9.17, 15) is 5.11 Å². The molecule has 0 unspecified atom stereocenters. The standard InChI is InChI=1S/C24H35NO6/c1-8-25(9-2)11-10-18(23-19(26)14-17(27-3)15-20(23)28-4)16-12-21(29-5)24(31-7)22(13-16)30-6/h12-15,18,26H,8-11H2,1-7H3/t18-/m1/s1. The minimum absolute atomic E-state index is 0.120. The van der Waals surface area contributed by atoms with E-state index in [1.165, 1.54) is 0 Å². The van der Waals surface area contributed by atoms with E-state index in [1.807, 2.05) is 12.1 Å². The molecule has 0 aliphatic heterocycles. The Kier molecular flexibility index (Phi) is 9.12. The lowest BCUT2D eigenvalue weighted by Gasteiger charge is -2.26. The first-order valence-corrected chi connectivity index (χ1v) is 10.4. The third-order valence-corrected chi connectivity index (χ3v) is 5.62. The van der Waals surface area contributed by atoms with Gasteiger partial charge in [0, 0.05) is 23.6 Å². The van der Waals surface area contributed by atoms with Gasteiger partial charge in [-0.3, -0.25) is 0 Å². The van der Waals surface area contributed by atoms with Crippen molar-refractivity contribution in [2.24, 2.45) is 0 Å². The summed E-state index contributed by atoms with van der Waals surface area (Å²) in [6.45, 7) is 7.03. The minimum Gasteiger partial charge on any atom is -0.507 e. The number of nitrogens with zero attached hydrogens (tertiary/aromatic N) is 1. The van der Waals surface area contributed by atoms with Crippen LogP contribution in [-0.4, -0.2) is 65.2 Å². The number of benzene rings is 2. The van der Waals surface area contributed by atoms with E-state index < -0.39 is 0 Å². The average Bonchev–Trinajstić information content (AvgIpc) is 2.80. The summed E-state index contributed by atoms with van der Waals surface area (Å²) in [5.74, 6) is 2.71. The van der Waals surface area contributed by atoms with Crippen molar-refractivity contribution in [1.29, 1.82) is 0 Å². The van der Waals surface area contributed by atoms with Crippen LogP contribution >= 0.6 is 0 Å². The second kappa shape index (κ2) is 11.6. The quantitative estimate of drug-likeness (QED) is 0.535. The molecule has 2 rings (SSSR count). The van der Waals surface area contributed by atoms with Gasteiger partial charge in [-0.05, 0) is 43.8 Å². The fraction of sp³-hybridized carbons (Fsp3) is 0.500. The zero-order valence-corrected chi connectivity index (χ0v) is 19.7. The topological polar surface area (TPSA) is 69.6 Å². The highest BCUT2D eigenvalue weighted by Crippen LogP contribution is 2.47. The Bertz CT molecular complexity index is 825. The van der Waals surface area contributed by atoms with Gasteiger partial charge < -0.3 is 33.7 Å². The summed E-state index contributed by atoms with van der Waals surface area (Å²) in [6.07, 6.45) is 0.760. The molecule has 0 aliphatic carbocycles. The van der Waals surface area contributed by atoms with E-state index >= 15 is 0 Å². The predicted octanol–water partition coefficient (Wildman–Crippen LogP) is 4.30. The molecule has 31 heavy (non-hydrogen) atoms. The van der Waals surface area contributed by atoms with E-state index in [2.05, 4.69) is 18.7 Å². The maximum absolute atomic E-state index is 10.9. The third-order valence-electron chi connectivity index (χ3n) is 5.62. The van der Waals surface area contributed by atoms with Crippen molar-refractivity contribution in [3.8, 4) is 34.5 Å². The lowest BCUT2D eigenvalue weighted by Crippen LogP contribution is -2.25. The predicted molar refractivity (Wildman–Crippen MR) is 122 cm³/mol. The van der Waals surface area contributed by atoms with Crippen molar-refractivity contribution < 1.29 is 28.8 Å². The Balaban J connectivity index is 2.68. The Hall–Kier alpha value is -2.80. The third kappa shape index (κ3) is 5.47. The number of aromatic hydroxyl groups is 1. The van der Waals surface area contributed by atoms with Crippen molar-refractivity contribution in [2.75, 3.05) is 55.2 Å². The van der Waals surface area contributed by atoms with Crippen molar-refractivity contribution in [2.45, 2.75) is 26.2 Å². The van der Waals surface area contributed by atoms with Gasteiger partial charge in [0.15, 0.2) is 11.5 Å². The SMILES string of the molecule is CCN(CC)CC[C@H](c1cc(OC)c(OC)c(OC)c1)c1c(O)cc(OC)cc1OC. The van der Waals surface area contributed by atoms with Crippen LogP contribution in [0.4, 0.5) is 0 Å². The van der Waals surface area contributed by atoms with E-state index in [0.29, 0.717) is 34.3 Å². The fourth-order valence-electron chi connectivity index (χ4n) is 3.86. The minimum atomic E-state index is -0.171. The molecule has 0 bridgehead atoms. The van der Waals surface area contributed by atoms with Crippen LogP contribution in [0.15, 0.2) is 24.3 Å². The van der Waals surface area contributed by atoms with Gasteiger partial charge in [0.2, 0.25) is 5.75 Å². The average molecular weight is 434 g/mol. The van der Waals surface area contributed by atoms with E-state index in [1.54, 1.807) is 47.7 Å². The van der Waals surface area contributed by atoms with Gasteiger partial charge in [-0.1, -0.05) is 13.8 Å². The first-order chi connectivity index (χ1) is 15.0. The van der Waals surface area contributed by atoms with Crippen LogP contribution in [0.1, 0.15) is 37.3 Å². The maximum Gasteiger partial charge on any atom is 0.203 e. The maximum atomic E-state index is 10.9. The van der Waals surface area contributed by atoms with Crippen LogP contribution in [0.3, 0.4) is 0 Å². The molecule has 0 saturated heterocycles. The summed E-state index contributed by atoms with van der Waals surface area (Å²) >= 11 is 0. The molecule has 2 aromatic carbocycles. The highest BCUT2D eigenvalue weighted by Gasteiger charge is 2.26. The number of phenolic OH excluding ortho intramolecular Hbond substituents is 1. The highest BCUT2D eigenvalue weighted by molar-refractivity contribution is 5.59. The molecular weight excluding hydrogens is 398 g/mol. The zero-order chi connectivity index (χ0) is 23.0. The Morgan fingerprint density at radius 2 is 1.35 bits per heavy atom. The van der Waals surface area contributed by atoms with Gasteiger partial charge in [0.25, 0.3) is 0 Å². The van der Waals surface area contributed by atoms with Crippen LogP contribution in [-0.2, 0) is 0 Å². The van der Waals surface area contributed by atoms with Gasteiger partial charge >= 0.3 is 0 Å². The van der Waals surface area contributed by atoms with Gasteiger partial charge in [0.1, 0.15) is 17.2 Å². The first-order valence-electron chi connectivity index (χ1n) is 10.4. The molecular formula is C24H35NO6. The van der Waals surface area contributed by atoms with Gasteiger partial charge in [-0.2, -0.15) is 0 Å². The van der Waals surface area contributed by atoms with Gasteiger partial charge in [0.05, 0.1) is 35.5 Å². The molecule has 172 valence electrons. The second-order valence-electron chi connectivity index (χ2n) is 7.09. The first kappa shape index (κ1) is 24.5. The molecule has 2 aromatic rings. The lowest BCUT2D eigenvalue weighted by atomic mass is 9.86. The van der Waals surface area contributed by atoms with Gasteiger partial charge in [-0.15, -0.1) is 0 Å². The lowest BCUT2D eigenvalue weighted by molar-refractivity contribution is 0.291. The highest BCUT2D eigenvalue weighted by atomic mass is 16.5. The molecule has 0 aliphatic rings. The molecule has 0 amide bonds. The molecule has 0 heterocycles. The monoisotopic (exact) mass is 433 g/mol. The van der Waals surface area contributed by atoms with E-state index in [0.717, 1.165) is 31.6 Å². The smallest absolute Gasteiger partial charge is 0.203 e. The van der Waals surface area contributed by atoms with Crippen molar-refractivity contribution in [1.82, 2.24) is 4.90 Å². The molecule has 7 heteroatoms. The molecule has 0 saturated carbocycles. The summed E-state index contributed by atoms with van der Waals surface area (Å²) < 4.78 is 27.6. The number of hydrogen-bond acceptors (Lipinski definition) is 7. The van der Waals surface area contributed by atoms with Crippen LogP contribution in [0.25, 0.3) is 0 Å².